The summed E-state index contributed by atoms with van der Waals surface area (Å²) in [6, 6.07) is 7.56. The Labute approximate surface area is 113 Å². The van der Waals surface area contributed by atoms with E-state index in [1.165, 1.54) is 0 Å². The van der Waals surface area contributed by atoms with Crippen molar-refractivity contribution in [3.8, 4) is 17.2 Å². The normalized spacial score (nSPS) is 10.4. The van der Waals surface area contributed by atoms with Crippen molar-refractivity contribution >= 4 is 0 Å². The van der Waals surface area contributed by atoms with E-state index in [9.17, 15) is 0 Å². The summed E-state index contributed by atoms with van der Waals surface area (Å²) in [5.41, 5.74) is 0. The molecular formula is C14H19N3O2. The molecule has 0 saturated carbocycles. The highest BCUT2D eigenvalue weighted by atomic mass is 16.5. The smallest absolute Gasteiger partial charge is 0.169 e. The van der Waals surface area contributed by atoms with Gasteiger partial charge in [0.25, 0.3) is 0 Å². The molecule has 1 heterocycles. The topological polar surface area (TPSA) is 48.3 Å². The summed E-state index contributed by atoms with van der Waals surface area (Å²) in [6.45, 7) is 1.85. The van der Waals surface area contributed by atoms with E-state index in [0.717, 1.165) is 19.5 Å². The average molecular weight is 261 g/mol. The summed E-state index contributed by atoms with van der Waals surface area (Å²) in [7, 11) is 3.57. The van der Waals surface area contributed by atoms with Crippen LogP contribution < -0.4 is 14.8 Å². The molecule has 0 fully saturated rings. The summed E-state index contributed by atoms with van der Waals surface area (Å²) in [4.78, 5) is 0. The molecule has 1 aromatic carbocycles. The van der Waals surface area contributed by atoms with Crippen LogP contribution in [-0.4, -0.2) is 30.5 Å². The Bertz CT molecular complexity index is 511. The van der Waals surface area contributed by atoms with E-state index >= 15 is 0 Å². The van der Waals surface area contributed by atoms with Gasteiger partial charge in [-0.15, -0.1) is 0 Å². The van der Waals surface area contributed by atoms with Crippen molar-refractivity contribution in [3.63, 3.8) is 0 Å². The summed E-state index contributed by atoms with van der Waals surface area (Å²) in [5.74, 6) is 2.12. The van der Waals surface area contributed by atoms with Crippen molar-refractivity contribution in [3.05, 3.63) is 36.7 Å². The maximum atomic E-state index is 5.76. The lowest BCUT2D eigenvalue weighted by atomic mass is 10.3. The number of hydrogen-bond acceptors (Lipinski definition) is 4. The van der Waals surface area contributed by atoms with Crippen LogP contribution in [0.1, 0.15) is 6.42 Å². The van der Waals surface area contributed by atoms with E-state index in [1.54, 1.807) is 13.3 Å². The third kappa shape index (κ3) is 3.72. The molecular weight excluding hydrogens is 242 g/mol. The molecule has 0 aliphatic rings. The lowest BCUT2D eigenvalue weighted by molar-refractivity contribution is 0.378. The summed E-state index contributed by atoms with van der Waals surface area (Å²) in [5, 5.41) is 7.37. The molecule has 0 unspecified atom stereocenters. The monoisotopic (exact) mass is 261 g/mol. The molecule has 0 atom stereocenters. The number of rotatable bonds is 7. The third-order valence-electron chi connectivity index (χ3n) is 2.72. The fraction of sp³-hybridized carbons (Fsp3) is 0.357. The van der Waals surface area contributed by atoms with Gasteiger partial charge in [0.05, 0.1) is 19.5 Å². The number of methoxy groups -OCH3 is 1. The van der Waals surface area contributed by atoms with Crippen molar-refractivity contribution in [1.82, 2.24) is 15.1 Å². The van der Waals surface area contributed by atoms with E-state index in [0.29, 0.717) is 17.2 Å². The van der Waals surface area contributed by atoms with Crippen molar-refractivity contribution in [2.45, 2.75) is 13.0 Å². The van der Waals surface area contributed by atoms with E-state index in [4.69, 9.17) is 9.47 Å². The molecule has 5 nitrogen and oxygen atoms in total. The van der Waals surface area contributed by atoms with E-state index < -0.39 is 0 Å². The zero-order valence-corrected chi connectivity index (χ0v) is 11.3. The number of benzene rings is 1. The first kappa shape index (κ1) is 13.4. The van der Waals surface area contributed by atoms with Crippen LogP contribution in [0.2, 0.25) is 0 Å². The minimum atomic E-state index is 0.694. The molecule has 2 rings (SSSR count). The van der Waals surface area contributed by atoms with Gasteiger partial charge in [-0.25, -0.2) is 0 Å². The second-order valence-corrected chi connectivity index (χ2v) is 4.15. The van der Waals surface area contributed by atoms with Crippen LogP contribution in [-0.2, 0) is 6.54 Å². The van der Waals surface area contributed by atoms with Crippen molar-refractivity contribution in [2.75, 3.05) is 20.7 Å². The van der Waals surface area contributed by atoms with Crippen LogP contribution >= 0.6 is 0 Å². The minimum Gasteiger partial charge on any atom is -0.493 e. The van der Waals surface area contributed by atoms with Crippen LogP contribution in [0.25, 0.3) is 0 Å². The first-order chi connectivity index (χ1) is 9.33. The molecule has 2 aromatic rings. The third-order valence-corrected chi connectivity index (χ3v) is 2.72. The molecule has 0 bridgehead atoms. The lowest BCUT2D eigenvalue weighted by Crippen LogP contribution is -2.11. The summed E-state index contributed by atoms with van der Waals surface area (Å²) < 4.78 is 12.9. The van der Waals surface area contributed by atoms with Crippen LogP contribution in [0.4, 0.5) is 0 Å². The number of ether oxygens (including phenoxy) is 2. The Morgan fingerprint density at radius 1 is 1.26 bits per heavy atom. The number of aromatic nitrogens is 2. The quantitative estimate of drug-likeness (QED) is 0.777. The van der Waals surface area contributed by atoms with Gasteiger partial charge in [0.15, 0.2) is 17.2 Å². The summed E-state index contributed by atoms with van der Waals surface area (Å²) >= 11 is 0. The first-order valence-corrected chi connectivity index (χ1v) is 6.31. The molecule has 0 aliphatic heterocycles. The summed E-state index contributed by atoms with van der Waals surface area (Å²) in [6.07, 6.45) is 4.64. The van der Waals surface area contributed by atoms with E-state index in [1.807, 2.05) is 42.2 Å². The van der Waals surface area contributed by atoms with Crippen molar-refractivity contribution < 1.29 is 9.47 Å². The second-order valence-electron chi connectivity index (χ2n) is 4.15. The Morgan fingerprint density at radius 2 is 2.05 bits per heavy atom. The van der Waals surface area contributed by atoms with Gasteiger partial charge in [-0.05, 0) is 32.1 Å². The van der Waals surface area contributed by atoms with Crippen LogP contribution in [0.3, 0.4) is 0 Å². The Morgan fingerprint density at radius 3 is 2.79 bits per heavy atom. The number of para-hydroxylation sites is 2. The highest BCUT2D eigenvalue weighted by molar-refractivity contribution is 5.41. The molecule has 0 spiro atoms. The number of nitrogens with one attached hydrogen (secondary N) is 1. The zero-order chi connectivity index (χ0) is 13.5. The fourth-order valence-corrected chi connectivity index (χ4v) is 1.77. The van der Waals surface area contributed by atoms with E-state index in [2.05, 4.69) is 10.4 Å². The predicted molar refractivity (Wildman–Crippen MR) is 73.8 cm³/mol. The van der Waals surface area contributed by atoms with Gasteiger partial charge in [0, 0.05) is 6.54 Å². The maximum Gasteiger partial charge on any atom is 0.169 e. The minimum absolute atomic E-state index is 0.694. The SMILES string of the molecule is CNCCCn1cc(Oc2ccccc2OC)cn1. The highest BCUT2D eigenvalue weighted by Gasteiger charge is 2.06. The van der Waals surface area contributed by atoms with Gasteiger partial charge in [-0.3, -0.25) is 4.68 Å². The molecule has 5 heteroatoms. The van der Waals surface area contributed by atoms with Gasteiger partial charge in [-0.1, -0.05) is 12.1 Å². The Kier molecular flexibility index (Phi) is 4.80. The van der Waals surface area contributed by atoms with Gasteiger partial charge < -0.3 is 14.8 Å². The Hall–Kier alpha value is -2.01. The van der Waals surface area contributed by atoms with Gasteiger partial charge in [-0.2, -0.15) is 5.10 Å². The highest BCUT2D eigenvalue weighted by Crippen LogP contribution is 2.30. The molecule has 0 amide bonds. The van der Waals surface area contributed by atoms with Crippen LogP contribution in [0, 0.1) is 0 Å². The van der Waals surface area contributed by atoms with Crippen LogP contribution in [0.15, 0.2) is 36.7 Å². The van der Waals surface area contributed by atoms with Gasteiger partial charge >= 0.3 is 0 Å². The maximum absolute atomic E-state index is 5.76. The van der Waals surface area contributed by atoms with Crippen molar-refractivity contribution in [2.24, 2.45) is 0 Å². The lowest BCUT2D eigenvalue weighted by Gasteiger charge is -2.07. The van der Waals surface area contributed by atoms with Crippen molar-refractivity contribution in [1.29, 1.82) is 0 Å². The van der Waals surface area contributed by atoms with E-state index in [-0.39, 0.29) is 0 Å². The van der Waals surface area contributed by atoms with Gasteiger partial charge in [0.1, 0.15) is 0 Å². The second kappa shape index (κ2) is 6.80. The molecule has 1 N–H and O–H groups in total. The molecule has 0 aliphatic carbocycles. The van der Waals surface area contributed by atoms with Crippen LogP contribution in [0.5, 0.6) is 17.2 Å². The number of hydrogen-bond donors (Lipinski definition) is 1. The zero-order valence-electron chi connectivity index (χ0n) is 11.3. The fourth-order valence-electron chi connectivity index (χ4n) is 1.77. The Balaban J connectivity index is 1.99. The molecule has 102 valence electrons. The number of aryl methyl sites for hydroxylation is 1. The first-order valence-electron chi connectivity index (χ1n) is 6.31. The largest absolute Gasteiger partial charge is 0.493 e. The molecule has 0 saturated heterocycles. The average Bonchev–Trinajstić information content (AvgIpc) is 2.87. The standard InChI is InChI=1S/C14H19N3O2/c1-15-8-5-9-17-11-12(10-16-17)19-14-7-4-3-6-13(14)18-2/h3-4,6-7,10-11,15H,5,8-9H2,1-2H3. The molecule has 1 aromatic heterocycles. The molecule has 19 heavy (non-hydrogen) atoms. The number of nitrogens with zero attached hydrogens (tertiary/aromatic N) is 2. The molecule has 0 radical (unpaired) electrons. The van der Waals surface area contributed by atoms with Gasteiger partial charge in [0.2, 0.25) is 0 Å². The predicted octanol–water partition coefficient (Wildman–Crippen LogP) is 2.29.